The van der Waals surface area contributed by atoms with Crippen LogP contribution in [0.3, 0.4) is 0 Å². The highest BCUT2D eigenvalue weighted by atomic mass is 35.5. The number of hydrogen-bond donors (Lipinski definition) is 1. The summed E-state index contributed by atoms with van der Waals surface area (Å²) in [6.07, 6.45) is 0. The largest absolute Gasteiger partial charge is 0.494 e. The molecular weight excluding hydrogens is 254 g/mol. The standard InChI is InChI=1S/C13H12ClNO3/c1-17-11-7-10(13(16)18-2)15-12(11)8-3-5-9(14)6-4-8/h3-7,15H,1-2H3. The fraction of sp³-hybridized carbons (Fsp3) is 0.154. The number of benzene rings is 1. The molecule has 2 aromatic rings. The Labute approximate surface area is 109 Å². The first kappa shape index (κ1) is 12.5. The Balaban J connectivity index is 2.46. The second-order valence-corrected chi connectivity index (χ2v) is 4.06. The van der Waals surface area contributed by atoms with Crippen molar-refractivity contribution in [2.45, 2.75) is 0 Å². The molecule has 0 aliphatic heterocycles. The molecule has 1 N–H and O–H groups in total. The number of halogens is 1. The first-order chi connectivity index (χ1) is 8.65. The summed E-state index contributed by atoms with van der Waals surface area (Å²) in [5.74, 6) is 0.145. The average Bonchev–Trinajstić information content (AvgIpc) is 2.83. The van der Waals surface area contributed by atoms with E-state index < -0.39 is 5.97 Å². The van der Waals surface area contributed by atoms with E-state index >= 15 is 0 Å². The monoisotopic (exact) mass is 265 g/mol. The quantitative estimate of drug-likeness (QED) is 0.868. The Morgan fingerprint density at radius 1 is 1.22 bits per heavy atom. The molecular formula is C13H12ClNO3. The molecule has 0 unspecified atom stereocenters. The van der Waals surface area contributed by atoms with E-state index in [1.807, 2.05) is 12.1 Å². The minimum atomic E-state index is -0.437. The number of aromatic nitrogens is 1. The van der Waals surface area contributed by atoms with E-state index in [0.717, 1.165) is 11.3 Å². The Bertz CT molecular complexity index is 560. The molecule has 1 heterocycles. The summed E-state index contributed by atoms with van der Waals surface area (Å²) in [7, 11) is 2.88. The van der Waals surface area contributed by atoms with Gasteiger partial charge in [-0.05, 0) is 12.1 Å². The van der Waals surface area contributed by atoms with Crippen molar-refractivity contribution in [3.05, 3.63) is 41.0 Å². The van der Waals surface area contributed by atoms with Crippen LogP contribution in [0.15, 0.2) is 30.3 Å². The third-order valence-corrected chi connectivity index (χ3v) is 2.79. The molecule has 5 heteroatoms. The van der Waals surface area contributed by atoms with E-state index in [2.05, 4.69) is 9.72 Å². The van der Waals surface area contributed by atoms with Crippen molar-refractivity contribution in [3.63, 3.8) is 0 Å². The first-order valence-corrected chi connectivity index (χ1v) is 5.64. The Morgan fingerprint density at radius 2 is 1.89 bits per heavy atom. The van der Waals surface area contributed by atoms with Gasteiger partial charge in [-0.15, -0.1) is 0 Å². The molecule has 0 fully saturated rings. The van der Waals surface area contributed by atoms with Gasteiger partial charge in [0.25, 0.3) is 0 Å². The third-order valence-electron chi connectivity index (χ3n) is 2.54. The molecule has 0 radical (unpaired) electrons. The maximum Gasteiger partial charge on any atom is 0.354 e. The Hall–Kier alpha value is -1.94. The van der Waals surface area contributed by atoms with Crippen molar-refractivity contribution in [1.82, 2.24) is 4.98 Å². The smallest absolute Gasteiger partial charge is 0.354 e. The molecule has 2 rings (SSSR count). The number of H-pyrrole nitrogens is 1. The first-order valence-electron chi connectivity index (χ1n) is 5.27. The van der Waals surface area contributed by atoms with E-state index in [0.29, 0.717) is 16.5 Å². The van der Waals surface area contributed by atoms with Gasteiger partial charge in [-0.25, -0.2) is 4.79 Å². The minimum absolute atomic E-state index is 0.347. The number of methoxy groups -OCH3 is 2. The van der Waals surface area contributed by atoms with Crippen LogP contribution in [0.2, 0.25) is 5.02 Å². The molecule has 18 heavy (non-hydrogen) atoms. The van der Waals surface area contributed by atoms with Gasteiger partial charge in [0.15, 0.2) is 0 Å². The molecule has 1 aromatic carbocycles. The van der Waals surface area contributed by atoms with E-state index in [1.54, 1.807) is 25.3 Å². The summed E-state index contributed by atoms with van der Waals surface area (Å²) in [4.78, 5) is 14.4. The van der Waals surface area contributed by atoms with Gasteiger partial charge in [0, 0.05) is 16.7 Å². The lowest BCUT2D eigenvalue weighted by atomic mass is 10.1. The van der Waals surface area contributed by atoms with Crippen molar-refractivity contribution in [2.24, 2.45) is 0 Å². The van der Waals surface area contributed by atoms with Gasteiger partial charge in [-0.2, -0.15) is 0 Å². The Kier molecular flexibility index (Phi) is 3.58. The second kappa shape index (κ2) is 5.14. The second-order valence-electron chi connectivity index (χ2n) is 3.62. The van der Waals surface area contributed by atoms with E-state index in [1.165, 1.54) is 7.11 Å². The maximum absolute atomic E-state index is 11.5. The molecule has 94 valence electrons. The zero-order chi connectivity index (χ0) is 13.1. The molecule has 0 aliphatic rings. The minimum Gasteiger partial charge on any atom is -0.494 e. The highest BCUT2D eigenvalue weighted by molar-refractivity contribution is 6.30. The SMILES string of the molecule is COC(=O)c1cc(OC)c(-c2ccc(Cl)cc2)[nH]1. The van der Waals surface area contributed by atoms with Crippen LogP contribution in [-0.2, 0) is 4.74 Å². The van der Waals surface area contributed by atoms with Crippen LogP contribution < -0.4 is 4.74 Å². The van der Waals surface area contributed by atoms with Crippen molar-refractivity contribution in [3.8, 4) is 17.0 Å². The van der Waals surface area contributed by atoms with Crippen LogP contribution >= 0.6 is 11.6 Å². The summed E-state index contributed by atoms with van der Waals surface area (Å²) >= 11 is 5.84. The zero-order valence-electron chi connectivity index (χ0n) is 9.99. The van der Waals surface area contributed by atoms with E-state index in [4.69, 9.17) is 16.3 Å². The van der Waals surface area contributed by atoms with Crippen LogP contribution in [-0.4, -0.2) is 25.2 Å². The highest BCUT2D eigenvalue weighted by Gasteiger charge is 2.15. The average molecular weight is 266 g/mol. The summed E-state index contributed by atoms with van der Waals surface area (Å²) in [6.45, 7) is 0. The summed E-state index contributed by atoms with van der Waals surface area (Å²) in [5.41, 5.74) is 1.94. The van der Waals surface area contributed by atoms with Crippen molar-refractivity contribution in [1.29, 1.82) is 0 Å². The predicted octanol–water partition coefficient (Wildman–Crippen LogP) is 3.13. The number of nitrogens with one attached hydrogen (secondary N) is 1. The molecule has 0 saturated heterocycles. The number of carbonyl (C=O) groups is 1. The van der Waals surface area contributed by atoms with Gasteiger partial charge in [-0.3, -0.25) is 0 Å². The van der Waals surface area contributed by atoms with Crippen LogP contribution in [0.4, 0.5) is 0 Å². The number of rotatable bonds is 3. The molecule has 0 saturated carbocycles. The van der Waals surface area contributed by atoms with Gasteiger partial charge in [0.2, 0.25) is 0 Å². The fourth-order valence-corrected chi connectivity index (χ4v) is 1.77. The predicted molar refractivity (Wildman–Crippen MR) is 69.1 cm³/mol. The number of ether oxygens (including phenoxy) is 2. The normalized spacial score (nSPS) is 10.2. The lowest BCUT2D eigenvalue weighted by Crippen LogP contribution is -2.00. The van der Waals surface area contributed by atoms with Crippen LogP contribution in [0.5, 0.6) is 5.75 Å². The van der Waals surface area contributed by atoms with Crippen molar-refractivity contribution >= 4 is 17.6 Å². The van der Waals surface area contributed by atoms with Crippen LogP contribution in [0.25, 0.3) is 11.3 Å². The van der Waals surface area contributed by atoms with Crippen molar-refractivity contribution < 1.29 is 14.3 Å². The summed E-state index contributed by atoms with van der Waals surface area (Å²) < 4.78 is 9.89. The number of aromatic amines is 1. The molecule has 0 spiro atoms. The van der Waals surface area contributed by atoms with Gasteiger partial charge in [0.05, 0.1) is 19.9 Å². The molecule has 4 nitrogen and oxygen atoms in total. The van der Waals surface area contributed by atoms with Gasteiger partial charge in [0.1, 0.15) is 11.4 Å². The van der Waals surface area contributed by atoms with Gasteiger partial charge >= 0.3 is 5.97 Å². The van der Waals surface area contributed by atoms with Crippen LogP contribution in [0.1, 0.15) is 10.5 Å². The highest BCUT2D eigenvalue weighted by Crippen LogP contribution is 2.31. The topological polar surface area (TPSA) is 51.3 Å². The molecule has 1 aromatic heterocycles. The third kappa shape index (κ3) is 2.33. The number of esters is 1. The van der Waals surface area contributed by atoms with E-state index in [-0.39, 0.29) is 0 Å². The summed E-state index contributed by atoms with van der Waals surface area (Å²) in [6, 6.07) is 8.84. The molecule has 0 atom stereocenters. The lowest BCUT2D eigenvalue weighted by molar-refractivity contribution is 0.0595. The molecule has 0 aliphatic carbocycles. The number of hydrogen-bond acceptors (Lipinski definition) is 3. The maximum atomic E-state index is 11.5. The summed E-state index contributed by atoms with van der Waals surface area (Å²) in [5, 5.41) is 0.650. The molecule has 0 amide bonds. The van der Waals surface area contributed by atoms with Crippen LogP contribution in [0, 0.1) is 0 Å². The fourth-order valence-electron chi connectivity index (χ4n) is 1.65. The van der Waals surface area contributed by atoms with Crippen molar-refractivity contribution in [2.75, 3.05) is 14.2 Å². The zero-order valence-corrected chi connectivity index (χ0v) is 10.7. The van der Waals surface area contributed by atoms with Gasteiger partial charge < -0.3 is 14.5 Å². The lowest BCUT2D eigenvalue weighted by Gasteiger charge is -2.02. The Morgan fingerprint density at radius 3 is 2.44 bits per heavy atom. The van der Waals surface area contributed by atoms with E-state index in [9.17, 15) is 4.79 Å². The van der Waals surface area contributed by atoms with Gasteiger partial charge in [-0.1, -0.05) is 23.7 Å². The number of carbonyl (C=O) groups excluding carboxylic acids is 1. The molecule has 0 bridgehead atoms.